The number of amides is 1. The smallest absolute Gasteiger partial charge is 0.211 e. The van der Waals surface area contributed by atoms with Crippen LogP contribution in [0.2, 0.25) is 0 Å². The lowest BCUT2D eigenvalue weighted by Gasteiger charge is -2.23. The normalized spacial score (nSPS) is 11.8. The number of phenols is 1. The molecule has 2 rings (SSSR count). The lowest BCUT2D eigenvalue weighted by molar-refractivity contribution is -0.105. The van der Waals surface area contributed by atoms with Crippen LogP contribution >= 0.6 is 0 Å². The number of aromatic hydroxyl groups is 1. The molecule has 0 saturated carbocycles. The highest BCUT2D eigenvalue weighted by atomic mass is 19.1. The first-order chi connectivity index (χ1) is 10.9. The van der Waals surface area contributed by atoms with Gasteiger partial charge in [0.25, 0.3) is 0 Å². The molecule has 2 aromatic carbocycles. The summed E-state index contributed by atoms with van der Waals surface area (Å²) in [6.07, 6.45) is 2.32. The summed E-state index contributed by atoms with van der Waals surface area (Å²) >= 11 is 0. The number of hydrogen-bond acceptors (Lipinski definition) is 2. The predicted octanol–water partition coefficient (Wildman–Crippen LogP) is 4.34. The minimum Gasteiger partial charge on any atom is -0.507 e. The van der Waals surface area contributed by atoms with Crippen LogP contribution < -0.4 is 5.32 Å². The van der Waals surface area contributed by atoms with Gasteiger partial charge in [0, 0.05) is 17.2 Å². The fraction of sp³-hybridized carbons (Fsp3) is 0.211. The molecular formula is C19H20FNO2. The maximum absolute atomic E-state index is 13.2. The second-order valence-corrected chi connectivity index (χ2v) is 5.54. The third kappa shape index (κ3) is 2.97. The van der Waals surface area contributed by atoms with Crippen molar-refractivity contribution in [3.63, 3.8) is 0 Å². The van der Waals surface area contributed by atoms with E-state index < -0.39 is 0 Å². The second kappa shape index (κ2) is 6.65. The van der Waals surface area contributed by atoms with Crippen LogP contribution in [0.15, 0.2) is 36.9 Å². The van der Waals surface area contributed by atoms with Crippen molar-refractivity contribution in [2.75, 3.05) is 5.32 Å². The number of hydrogen-bond donors (Lipinski definition) is 2. The number of allylic oxidation sites excluding steroid dienone is 1. The third-order valence-corrected chi connectivity index (χ3v) is 4.31. The highest BCUT2D eigenvalue weighted by molar-refractivity contribution is 5.79. The van der Waals surface area contributed by atoms with Gasteiger partial charge in [0.15, 0.2) is 0 Å². The van der Waals surface area contributed by atoms with Gasteiger partial charge < -0.3 is 10.4 Å². The molecule has 3 nitrogen and oxygen atoms in total. The molecular weight excluding hydrogens is 293 g/mol. The first kappa shape index (κ1) is 16.7. The van der Waals surface area contributed by atoms with Crippen LogP contribution in [0.3, 0.4) is 0 Å². The molecule has 1 amide bonds. The molecule has 0 heterocycles. The highest BCUT2D eigenvalue weighted by Crippen LogP contribution is 2.42. The molecule has 4 heteroatoms. The molecule has 2 aromatic rings. The van der Waals surface area contributed by atoms with E-state index in [0.29, 0.717) is 23.2 Å². The summed E-state index contributed by atoms with van der Waals surface area (Å²) in [6, 6.07) is 6.10. The summed E-state index contributed by atoms with van der Waals surface area (Å²) in [7, 11) is 0. The van der Waals surface area contributed by atoms with Gasteiger partial charge in [-0.15, -0.1) is 6.58 Å². The Morgan fingerprint density at radius 3 is 2.26 bits per heavy atom. The summed E-state index contributed by atoms with van der Waals surface area (Å²) in [4.78, 5) is 10.9. The maximum Gasteiger partial charge on any atom is 0.211 e. The molecule has 0 spiro atoms. The van der Waals surface area contributed by atoms with Gasteiger partial charge in [-0.05, 0) is 55.2 Å². The number of carbonyl (C=O) groups excluding carboxylic acids is 1. The van der Waals surface area contributed by atoms with Crippen molar-refractivity contribution in [1.29, 1.82) is 0 Å². The molecule has 0 aliphatic carbocycles. The quantitative estimate of drug-likeness (QED) is 0.490. The van der Waals surface area contributed by atoms with E-state index in [2.05, 4.69) is 11.9 Å². The van der Waals surface area contributed by atoms with Crippen molar-refractivity contribution < 1.29 is 14.3 Å². The summed E-state index contributed by atoms with van der Waals surface area (Å²) in [5.41, 5.74) is 4.45. The molecule has 1 unspecified atom stereocenters. The van der Waals surface area contributed by atoms with Crippen LogP contribution in [-0.4, -0.2) is 11.5 Å². The van der Waals surface area contributed by atoms with E-state index in [9.17, 15) is 14.3 Å². The van der Waals surface area contributed by atoms with Gasteiger partial charge in [0.05, 0.1) is 0 Å². The van der Waals surface area contributed by atoms with Crippen LogP contribution in [0, 0.1) is 26.6 Å². The Kier molecular flexibility index (Phi) is 4.84. The number of nitrogens with one attached hydrogen (secondary N) is 1. The van der Waals surface area contributed by atoms with Crippen LogP contribution in [0.1, 0.15) is 33.7 Å². The van der Waals surface area contributed by atoms with Crippen LogP contribution in [0.25, 0.3) is 0 Å². The van der Waals surface area contributed by atoms with Crippen molar-refractivity contribution in [1.82, 2.24) is 0 Å². The molecule has 0 aliphatic rings. The standard InChI is InChI=1S/C19H20FNO2/c1-5-16(14-6-8-15(20)9-7-14)17-13(4)18(21-10-22)11(2)12(3)19(17)23/h5-10,16,23H,1H2,2-4H3,(H,21,22). The van der Waals surface area contributed by atoms with Crippen molar-refractivity contribution in [3.8, 4) is 5.75 Å². The van der Waals surface area contributed by atoms with Gasteiger partial charge in [0.2, 0.25) is 6.41 Å². The number of benzene rings is 2. The topological polar surface area (TPSA) is 49.3 Å². The Morgan fingerprint density at radius 1 is 1.13 bits per heavy atom. The van der Waals surface area contributed by atoms with Gasteiger partial charge in [-0.25, -0.2) is 4.39 Å². The Labute approximate surface area is 135 Å². The van der Waals surface area contributed by atoms with Gasteiger partial charge in [-0.1, -0.05) is 18.2 Å². The number of phenolic OH excluding ortho intramolecular Hbond substituents is 1. The first-order valence-electron chi connectivity index (χ1n) is 7.33. The summed E-state index contributed by atoms with van der Waals surface area (Å²) in [5.74, 6) is -0.450. The number of carbonyl (C=O) groups is 1. The molecule has 0 fully saturated rings. The van der Waals surface area contributed by atoms with Crippen LogP contribution in [0.5, 0.6) is 5.75 Å². The number of halogens is 1. The fourth-order valence-corrected chi connectivity index (χ4v) is 2.91. The maximum atomic E-state index is 13.2. The average molecular weight is 313 g/mol. The largest absolute Gasteiger partial charge is 0.507 e. The fourth-order valence-electron chi connectivity index (χ4n) is 2.91. The number of anilines is 1. The SMILES string of the molecule is C=CC(c1ccc(F)cc1)c1c(C)c(NC=O)c(C)c(C)c1O. The summed E-state index contributed by atoms with van der Waals surface area (Å²) in [6.45, 7) is 9.34. The van der Waals surface area contributed by atoms with E-state index in [1.807, 2.05) is 13.8 Å². The molecule has 0 saturated heterocycles. The molecule has 0 radical (unpaired) electrons. The Hall–Kier alpha value is -2.62. The predicted molar refractivity (Wildman–Crippen MR) is 90.4 cm³/mol. The van der Waals surface area contributed by atoms with Gasteiger partial charge in [-0.3, -0.25) is 4.79 Å². The van der Waals surface area contributed by atoms with Crippen molar-refractivity contribution in [3.05, 3.63) is 70.6 Å². The lowest BCUT2D eigenvalue weighted by Crippen LogP contribution is -2.08. The minimum atomic E-state index is -0.319. The highest BCUT2D eigenvalue weighted by Gasteiger charge is 2.23. The summed E-state index contributed by atoms with van der Waals surface area (Å²) < 4.78 is 13.2. The molecule has 0 bridgehead atoms. The monoisotopic (exact) mass is 313 g/mol. The summed E-state index contributed by atoms with van der Waals surface area (Å²) in [5, 5.41) is 13.3. The van der Waals surface area contributed by atoms with Gasteiger partial charge in [-0.2, -0.15) is 0 Å². The zero-order valence-electron chi connectivity index (χ0n) is 13.5. The zero-order chi connectivity index (χ0) is 17.1. The van der Waals surface area contributed by atoms with Crippen molar-refractivity contribution in [2.24, 2.45) is 0 Å². The first-order valence-corrected chi connectivity index (χ1v) is 7.33. The van der Waals surface area contributed by atoms with E-state index in [-0.39, 0.29) is 17.5 Å². The Balaban J connectivity index is 2.71. The van der Waals surface area contributed by atoms with E-state index in [1.54, 1.807) is 25.1 Å². The Morgan fingerprint density at radius 2 is 1.74 bits per heavy atom. The van der Waals surface area contributed by atoms with Crippen LogP contribution in [0.4, 0.5) is 10.1 Å². The molecule has 120 valence electrons. The van der Waals surface area contributed by atoms with E-state index in [1.165, 1.54) is 12.1 Å². The minimum absolute atomic E-state index is 0.172. The van der Waals surface area contributed by atoms with E-state index in [4.69, 9.17) is 0 Å². The van der Waals surface area contributed by atoms with Crippen LogP contribution in [-0.2, 0) is 4.79 Å². The van der Waals surface area contributed by atoms with Crippen molar-refractivity contribution in [2.45, 2.75) is 26.7 Å². The average Bonchev–Trinajstić information content (AvgIpc) is 2.55. The third-order valence-electron chi connectivity index (χ3n) is 4.31. The molecule has 2 N–H and O–H groups in total. The Bertz CT molecular complexity index is 751. The molecule has 23 heavy (non-hydrogen) atoms. The van der Waals surface area contributed by atoms with Gasteiger partial charge >= 0.3 is 0 Å². The number of rotatable bonds is 5. The lowest BCUT2D eigenvalue weighted by atomic mass is 9.84. The molecule has 1 atom stereocenters. The molecule has 0 aliphatic heterocycles. The second-order valence-electron chi connectivity index (χ2n) is 5.54. The van der Waals surface area contributed by atoms with E-state index >= 15 is 0 Å². The van der Waals surface area contributed by atoms with E-state index in [0.717, 1.165) is 16.7 Å². The molecule has 0 aromatic heterocycles. The zero-order valence-corrected chi connectivity index (χ0v) is 13.5. The van der Waals surface area contributed by atoms with Crippen molar-refractivity contribution >= 4 is 12.1 Å². The van der Waals surface area contributed by atoms with Gasteiger partial charge in [0.1, 0.15) is 11.6 Å².